The Morgan fingerprint density at radius 3 is 1.15 bits per heavy atom. The van der Waals surface area contributed by atoms with Crippen LogP contribution in [0.1, 0.15) is 245 Å². The van der Waals surface area contributed by atoms with E-state index >= 15 is 0 Å². The summed E-state index contributed by atoms with van der Waals surface area (Å²) in [7, 11) is 0. The van der Waals surface area contributed by atoms with Crippen LogP contribution in [0, 0.1) is 0 Å². The average Bonchev–Trinajstić information content (AvgIpc) is 3.15. The molecule has 0 aliphatic carbocycles. The van der Waals surface area contributed by atoms with Crippen LogP contribution in [0.15, 0.2) is 36.5 Å². The zero-order valence-corrected chi connectivity index (χ0v) is 35.1. The molecule has 0 saturated carbocycles. The fourth-order valence-electron chi connectivity index (χ4n) is 7.01. The van der Waals surface area contributed by atoms with E-state index in [1.54, 1.807) is 6.08 Å². The lowest BCUT2D eigenvalue weighted by Gasteiger charge is -2.19. The summed E-state index contributed by atoms with van der Waals surface area (Å²) in [6, 6.07) is -0.634. The van der Waals surface area contributed by atoms with Gasteiger partial charge in [0, 0.05) is 6.42 Å². The quantitative estimate of drug-likeness (QED) is 0.0433. The third-order valence-corrected chi connectivity index (χ3v) is 10.6. The second-order valence-corrected chi connectivity index (χ2v) is 15.8. The third kappa shape index (κ3) is 39.8. The molecule has 0 fully saturated rings. The van der Waals surface area contributed by atoms with Crippen molar-refractivity contribution in [2.75, 3.05) is 6.61 Å². The molecule has 52 heavy (non-hydrogen) atoms. The zero-order chi connectivity index (χ0) is 37.8. The molecule has 1 amide bonds. The molecule has 0 aliphatic rings. The number of aliphatic hydroxyl groups excluding tert-OH is 2. The maximum absolute atomic E-state index is 12.3. The molecule has 0 radical (unpaired) electrons. The molecule has 3 N–H and O–H groups in total. The summed E-state index contributed by atoms with van der Waals surface area (Å²) in [5.74, 6) is -0.0741. The average molecular weight is 730 g/mol. The summed E-state index contributed by atoms with van der Waals surface area (Å²) in [4.78, 5) is 12.3. The van der Waals surface area contributed by atoms with Crippen LogP contribution in [-0.2, 0) is 4.79 Å². The molecule has 0 aliphatic heterocycles. The minimum Gasteiger partial charge on any atom is -0.394 e. The van der Waals surface area contributed by atoms with Gasteiger partial charge < -0.3 is 15.5 Å². The van der Waals surface area contributed by atoms with E-state index in [0.29, 0.717) is 6.42 Å². The van der Waals surface area contributed by atoms with Crippen LogP contribution >= 0.6 is 0 Å². The van der Waals surface area contributed by atoms with Crippen molar-refractivity contribution in [2.45, 2.75) is 257 Å². The second kappa shape index (κ2) is 44.0. The van der Waals surface area contributed by atoms with Gasteiger partial charge in [0.2, 0.25) is 5.91 Å². The highest BCUT2D eigenvalue weighted by Crippen LogP contribution is 2.16. The van der Waals surface area contributed by atoms with Gasteiger partial charge in [-0.05, 0) is 57.8 Å². The van der Waals surface area contributed by atoms with Gasteiger partial charge in [-0.15, -0.1) is 0 Å². The number of carbonyl (C=O) groups excluding carboxylic acids is 1. The first kappa shape index (κ1) is 50.6. The topological polar surface area (TPSA) is 69.6 Å². The van der Waals surface area contributed by atoms with Crippen molar-refractivity contribution >= 4 is 5.91 Å². The van der Waals surface area contributed by atoms with Crippen molar-refractivity contribution in [2.24, 2.45) is 0 Å². The first-order valence-corrected chi connectivity index (χ1v) is 23.2. The molecule has 4 heteroatoms. The van der Waals surface area contributed by atoms with E-state index in [1.807, 2.05) is 6.08 Å². The minimum atomic E-state index is -0.857. The Balaban J connectivity index is 3.41. The number of allylic oxidation sites excluding steroid dienone is 5. The molecule has 306 valence electrons. The summed E-state index contributed by atoms with van der Waals surface area (Å²) in [5.41, 5.74) is 0. The maximum Gasteiger partial charge on any atom is 0.220 e. The standard InChI is InChI=1S/C48H91NO3/c1-3-5-7-9-11-13-14-15-16-17-18-19-20-21-22-23-24-25-26-27-28-29-30-31-32-33-34-36-38-40-42-44-48(52)49-46(45-50)47(51)43-41-39-37-35-12-10-8-6-4-2/h12,17-18,35,41,43,46-47,50-51H,3-11,13-16,19-34,36-40,42,44-45H2,1-2H3,(H,49,52)/b18-17-,35-12+,43-41+. The summed E-state index contributed by atoms with van der Waals surface area (Å²) in [6.45, 7) is 4.25. The highest BCUT2D eigenvalue weighted by Gasteiger charge is 2.17. The lowest BCUT2D eigenvalue weighted by atomic mass is 10.0. The van der Waals surface area contributed by atoms with Crippen molar-refractivity contribution in [1.82, 2.24) is 5.32 Å². The molecule has 0 aromatic heterocycles. The number of hydrogen-bond acceptors (Lipinski definition) is 3. The van der Waals surface area contributed by atoms with Crippen molar-refractivity contribution in [1.29, 1.82) is 0 Å². The molecule has 0 spiro atoms. The van der Waals surface area contributed by atoms with Gasteiger partial charge >= 0.3 is 0 Å². The van der Waals surface area contributed by atoms with Crippen LogP contribution < -0.4 is 5.32 Å². The van der Waals surface area contributed by atoms with Crippen molar-refractivity contribution in [3.63, 3.8) is 0 Å². The van der Waals surface area contributed by atoms with E-state index in [1.165, 1.54) is 193 Å². The number of aliphatic hydroxyl groups is 2. The SMILES string of the molecule is CCCCC/C=C/CC/C=C/C(O)C(CO)NC(=O)CCCCCCCCCCCCCCCCCCCCC/C=C\CCCCCCCCCC. The molecule has 0 rings (SSSR count). The predicted octanol–water partition coefficient (Wildman–Crippen LogP) is 14.6. The largest absolute Gasteiger partial charge is 0.394 e. The van der Waals surface area contributed by atoms with Crippen LogP contribution in [-0.4, -0.2) is 34.9 Å². The van der Waals surface area contributed by atoms with E-state index in [2.05, 4.69) is 43.5 Å². The number of rotatable bonds is 42. The summed E-state index contributed by atoms with van der Waals surface area (Å²) < 4.78 is 0. The molecular formula is C48H91NO3. The molecular weight excluding hydrogens is 639 g/mol. The third-order valence-electron chi connectivity index (χ3n) is 10.6. The normalized spacial score (nSPS) is 13.2. The molecule has 0 heterocycles. The lowest BCUT2D eigenvalue weighted by molar-refractivity contribution is -0.123. The molecule has 0 aromatic rings. The van der Waals surface area contributed by atoms with E-state index in [0.717, 1.165) is 32.1 Å². The van der Waals surface area contributed by atoms with E-state index in [4.69, 9.17) is 0 Å². The minimum absolute atomic E-state index is 0.0741. The Morgan fingerprint density at radius 1 is 0.442 bits per heavy atom. The van der Waals surface area contributed by atoms with Crippen LogP contribution in [0.4, 0.5) is 0 Å². The molecule has 0 aromatic carbocycles. The van der Waals surface area contributed by atoms with E-state index in [9.17, 15) is 15.0 Å². The van der Waals surface area contributed by atoms with Gasteiger partial charge in [-0.25, -0.2) is 0 Å². The van der Waals surface area contributed by atoms with Gasteiger partial charge in [-0.1, -0.05) is 217 Å². The summed E-state index contributed by atoms with van der Waals surface area (Å²) in [6.07, 6.45) is 58.6. The molecule has 0 bridgehead atoms. The zero-order valence-electron chi connectivity index (χ0n) is 35.1. The van der Waals surface area contributed by atoms with Crippen LogP contribution in [0.2, 0.25) is 0 Å². The first-order chi connectivity index (χ1) is 25.7. The Bertz CT molecular complexity index is 790. The highest BCUT2D eigenvalue weighted by atomic mass is 16.3. The molecule has 4 nitrogen and oxygen atoms in total. The Morgan fingerprint density at radius 2 is 0.750 bits per heavy atom. The van der Waals surface area contributed by atoms with Gasteiger partial charge in [0.25, 0.3) is 0 Å². The van der Waals surface area contributed by atoms with Gasteiger partial charge in [0.15, 0.2) is 0 Å². The number of hydrogen-bond donors (Lipinski definition) is 3. The second-order valence-electron chi connectivity index (χ2n) is 15.8. The number of carbonyl (C=O) groups is 1. The molecule has 2 unspecified atom stereocenters. The summed E-state index contributed by atoms with van der Waals surface area (Å²) >= 11 is 0. The summed E-state index contributed by atoms with van der Waals surface area (Å²) in [5, 5.41) is 22.8. The van der Waals surface area contributed by atoms with E-state index in [-0.39, 0.29) is 12.5 Å². The Labute approximate surface area is 325 Å². The van der Waals surface area contributed by atoms with Crippen LogP contribution in [0.5, 0.6) is 0 Å². The number of unbranched alkanes of at least 4 members (excludes halogenated alkanes) is 31. The lowest BCUT2D eigenvalue weighted by Crippen LogP contribution is -2.45. The van der Waals surface area contributed by atoms with Gasteiger partial charge in [-0.2, -0.15) is 0 Å². The monoisotopic (exact) mass is 730 g/mol. The Hall–Kier alpha value is -1.39. The van der Waals surface area contributed by atoms with E-state index < -0.39 is 12.1 Å². The number of amides is 1. The predicted molar refractivity (Wildman–Crippen MR) is 230 cm³/mol. The number of nitrogens with one attached hydrogen (secondary N) is 1. The Kier molecular flexibility index (Phi) is 42.8. The maximum atomic E-state index is 12.3. The fraction of sp³-hybridized carbons (Fsp3) is 0.854. The molecule has 2 atom stereocenters. The van der Waals surface area contributed by atoms with Gasteiger partial charge in [0.05, 0.1) is 18.8 Å². The molecule has 0 saturated heterocycles. The highest BCUT2D eigenvalue weighted by molar-refractivity contribution is 5.76. The smallest absolute Gasteiger partial charge is 0.220 e. The van der Waals surface area contributed by atoms with Crippen molar-refractivity contribution < 1.29 is 15.0 Å². The van der Waals surface area contributed by atoms with Crippen molar-refractivity contribution in [3.8, 4) is 0 Å². The van der Waals surface area contributed by atoms with Gasteiger partial charge in [-0.3, -0.25) is 4.79 Å². The van der Waals surface area contributed by atoms with Crippen molar-refractivity contribution in [3.05, 3.63) is 36.5 Å². The van der Waals surface area contributed by atoms with Gasteiger partial charge in [0.1, 0.15) is 0 Å². The fourth-order valence-corrected chi connectivity index (χ4v) is 7.01. The van der Waals surface area contributed by atoms with Crippen LogP contribution in [0.25, 0.3) is 0 Å². The van der Waals surface area contributed by atoms with Crippen LogP contribution in [0.3, 0.4) is 0 Å². The first-order valence-electron chi connectivity index (χ1n) is 23.2.